The van der Waals surface area contributed by atoms with Gasteiger partial charge in [0.15, 0.2) is 0 Å². The summed E-state index contributed by atoms with van der Waals surface area (Å²) in [4.78, 5) is 24.6. The fourth-order valence-corrected chi connectivity index (χ4v) is 4.67. The molecule has 0 unspecified atom stereocenters. The summed E-state index contributed by atoms with van der Waals surface area (Å²) in [7, 11) is 0. The van der Waals surface area contributed by atoms with Crippen LogP contribution in [0, 0.1) is 0 Å². The van der Waals surface area contributed by atoms with Crippen molar-refractivity contribution in [3.05, 3.63) is 16.8 Å². The second kappa shape index (κ2) is 4.64. The number of rotatable bonds is 2. The maximum Gasteiger partial charge on any atom is 0.240 e. The highest BCUT2D eigenvalue weighted by atomic mass is 32.1. The van der Waals surface area contributed by atoms with Gasteiger partial charge in [0.25, 0.3) is 0 Å². The number of β-amino-alcohol motifs (C(OH)–C–C–N with tert-alkyl or cyclic N) is 1. The number of amides is 1. The minimum atomic E-state index is -0.542. The first-order valence-corrected chi connectivity index (χ1v) is 7.96. The summed E-state index contributed by atoms with van der Waals surface area (Å²) in [6.07, 6.45) is 4.65. The van der Waals surface area contributed by atoms with Crippen LogP contribution in [-0.4, -0.2) is 39.7 Å². The van der Waals surface area contributed by atoms with Crippen LogP contribution >= 0.6 is 11.3 Å². The second-order valence-corrected chi connectivity index (χ2v) is 6.78. The Kier molecular flexibility index (Phi) is 2.87. The van der Waals surface area contributed by atoms with Crippen LogP contribution < -0.4 is 10.6 Å². The predicted octanol–water partition coefficient (Wildman–Crippen LogP) is 0.605. The number of aliphatic hydroxyl groups is 1. The SMILES string of the molecule is NC(=O)[C@H]1C[C@H](O)CN1c1ncnc2sc3c(c12)CCC3. The zero-order chi connectivity index (χ0) is 14.6. The first-order chi connectivity index (χ1) is 10.1. The molecule has 2 aliphatic rings. The number of anilines is 1. The molecule has 1 aliphatic carbocycles. The summed E-state index contributed by atoms with van der Waals surface area (Å²) in [5, 5.41) is 11.0. The summed E-state index contributed by atoms with van der Waals surface area (Å²) in [5.41, 5.74) is 6.80. The number of fused-ring (bicyclic) bond motifs is 3. The van der Waals surface area contributed by atoms with Gasteiger partial charge in [-0.1, -0.05) is 0 Å². The van der Waals surface area contributed by atoms with Crippen LogP contribution in [0.2, 0.25) is 0 Å². The van der Waals surface area contributed by atoms with E-state index < -0.39 is 18.1 Å². The molecule has 1 aliphatic heterocycles. The lowest BCUT2D eigenvalue weighted by atomic mass is 10.1. The maximum atomic E-state index is 11.7. The van der Waals surface area contributed by atoms with Crippen LogP contribution in [0.25, 0.3) is 10.2 Å². The third-order valence-corrected chi connectivity index (χ3v) is 5.56. The fraction of sp³-hybridized carbons (Fsp3) is 0.500. The number of primary amides is 1. The molecule has 0 aromatic carbocycles. The van der Waals surface area contributed by atoms with Crippen molar-refractivity contribution in [1.82, 2.24) is 9.97 Å². The molecule has 7 heteroatoms. The Hall–Kier alpha value is -1.73. The predicted molar refractivity (Wildman–Crippen MR) is 80.4 cm³/mol. The Bertz CT molecular complexity index is 729. The number of hydrogen-bond acceptors (Lipinski definition) is 6. The number of hydrogen-bond donors (Lipinski definition) is 2. The van der Waals surface area contributed by atoms with Crippen LogP contribution in [0.4, 0.5) is 5.82 Å². The van der Waals surface area contributed by atoms with E-state index in [9.17, 15) is 9.90 Å². The summed E-state index contributed by atoms with van der Waals surface area (Å²) < 4.78 is 0. The molecular formula is C14H16N4O2S. The minimum Gasteiger partial charge on any atom is -0.391 e. The molecule has 2 atom stereocenters. The Balaban J connectivity index is 1.88. The molecule has 1 fully saturated rings. The van der Waals surface area contributed by atoms with E-state index in [1.165, 1.54) is 16.8 Å². The average Bonchev–Trinajstić information content (AvgIpc) is 3.10. The van der Waals surface area contributed by atoms with E-state index in [2.05, 4.69) is 9.97 Å². The second-order valence-electron chi connectivity index (χ2n) is 5.69. The zero-order valence-corrected chi connectivity index (χ0v) is 12.3. The summed E-state index contributed by atoms with van der Waals surface area (Å²) in [6.45, 7) is 0.393. The summed E-state index contributed by atoms with van der Waals surface area (Å²) in [5.74, 6) is 0.338. The molecule has 4 rings (SSSR count). The van der Waals surface area contributed by atoms with Gasteiger partial charge in [-0.15, -0.1) is 11.3 Å². The molecule has 1 amide bonds. The number of aryl methyl sites for hydroxylation is 2. The average molecular weight is 304 g/mol. The van der Waals surface area contributed by atoms with Crippen molar-refractivity contribution < 1.29 is 9.90 Å². The molecule has 2 aromatic rings. The van der Waals surface area contributed by atoms with Gasteiger partial charge in [-0.25, -0.2) is 9.97 Å². The molecular weight excluding hydrogens is 288 g/mol. The van der Waals surface area contributed by atoms with Gasteiger partial charge in [0.1, 0.15) is 23.0 Å². The van der Waals surface area contributed by atoms with E-state index in [4.69, 9.17) is 5.73 Å². The van der Waals surface area contributed by atoms with Gasteiger partial charge in [-0.2, -0.15) is 0 Å². The molecule has 0 radical (unpaired) electrons. The first-order valence-electron chi connectivity index (χ1n) is 7.14. The van der Waals surface area contributed by atoms with Crippen molar-refractivity contribution in [2.45, 2.75) is 37.8 Å². The van der Waals surface area contributed by atoms with Crippen LogP contribution in [0.5, 0.6) is 0 Å². The number of aliphatic hydroxyl groups excluding tert-OH is 1. The van der Waals surface area contributed by atoms with Crippen molar-refractivity contribution in [1.29, 1.82) is 0 Å². The Morgan fingerprint density at radius 2 is 2.29 bits per heavy atom. The molecule has 3 heterocycles. The molecule has 21 heavy (non-hydrogen) atoms. The van der Waals surface area contributed by atoms with E-state index in [0.717, 1.165) is 35.3 Å². The highest BCUT2D eigenvalue weighted by Gasteiger charge is 2.37. The van der Waals surface area contributed by atoms with Gasteiger partial charge in [0, 0.05) is 17.8 Å². The number of carbonyl (C=O) groups is 1. The Labute approximate surface area is 125 Å². The van der Waals surface area contributed by atoms with Gasteiger partial charge >= 0.3 is 0 Å². The third kappa shape index (κ3) is 1.91. The first kappa shape index (κ1) is 13.0. The smallest absolute Gasteiger partial charge is 0.240 e. The zero-order valence-electron chi connectivity index (χ0n) is 11.5. The number of nitrogens with two attached hydrogens (primary N) is 1. The van der Waals surface area contributed by atoms with E-state index in [1.54, 1.807) is 11.3 Å². The molecule has 0 saturated carbocycles. The Morgan fingerprint density at radius 3 is 3.10 bits per heavy atom. The highest BCUT2D eigenvalue weighted by molar-refractivity contribution is 7.19. The monoisotopic (exact) mass is 304 g/mol. The van der Waals surface area contributed by atoms with Crippen molar-refractivity contribution in [2.75, 3.05) is 11.4 Å². The van der Waals surface area contributed by atoms with E-state index in [-0.39, 0.29) is 0 Å². The molecule has 1 saturated heterocycles. The quantitative estimate of drug-likeness (QED) is 0.848. The van der Waals surface area contributed by atoms with Crippen LogP contribution in [0.1, 0.15) is 23.3 Å². The van der Waals surface area contributed by atoms with Gasteiger partial charge in [-0.05, 0) is 24.8 Å². The summed E-state index contributed by atoms with van der Waals surface area (Å²) >= 11 is 1.71. The summed E-state index contributed by atoms with van der Waals surface area (Å²) in [6, 6.07) is -0.491. The largest absolute Gasteiger partial charge is 0.391 e. The van der Waals surface area contributed by atoms with Crippen molar-refractivity contribution in [2.24, 2.45) is 5.73 Å². The third-order valence-electron chi connectivity index (χ3n) is 4.36. The van der Waals surface area contributed by atoms with E-state index >= 15 is 0 Å². The van der Waals surface area contributed by atoms with Crippen molar-refractivity contribution in [3.8, 4) is 0 Å². The van der Waals surface area contributed by atoms with Gasteiger partial charge in [0.05, 0.1) is 11.5 Å². The molecule has 0 spiro atoms. The molecule has 3 N–H and O–H groups in total. The minimum absolute atomic E-state index is 0.368. The normalized spacial score (nSPS) is 24.7. The lowest BCUT2D eigenvalue weighted by molar-refractivity contribution is -0.119. The van der Waals surface area contributed by atoms with Gasteiger partial charge in [0.2, 0.25) is 5.91 Å². The fourth-order valence-electron chi connectivity index (χ4n) is 3.45. The van der Waals surface area contributed by atoms with Gasteiger partial charge in [-0.3, -0.25) is 4.79 Å². The standard InChI is InChI=1S/C14H16N4O2S/c15-12(20)9-4-7(19)5-18(9)13-11-8-2-1-3-10(8)21-14(11)17-6-16-13/h6-7,9,19H,1-5H2,(H2,15,20)/t7-,9+/m0/s1. The van der Waals surface area contributed by atoms with Crippen LogP contribution in [-0.2, 0) is 17.6 Å². The number of nitrogens with zero attached hydrogens (tertiary/aromatic N) is 3. The molecule has 110 valence electrons. The number of thiophene rings is 1. The van der Waals surface area contributed by atoms with Crippen molar-refractivity contribution in [3.63, 3.8) is 0 Å². The molecule has 2 aromatic heterocycles. The van der Waals surface area contributed by atoms with Crippen LogP contribution in [0.15, 0.2) is 6.33 Å². The topological polar surface area (TPSA) is 92.3 Å². The highest BCUT2D eigenvalue weighted by Crippen LogP contribution is 2.41. The number of carbonyl (C=O) groups excluding carboxylic acids is 1. The van der Waals surface area contributed by atoms with E-state index in [1.807, 2.05) is 4.90 Å². The van der Waals surface area contributed by atoms with Crippen LogP contribution in [0.3, 0.4) is 0 Å². The van der Waals surface area contributed by atoms with Gasteiger partial charge < -0.3 is 15.7 Å². The lowest BCUT2D eigenvalue weighted by Crippen LogP contribution is -2.40. The number of aromatic nitrogens is 2. The Morgan fingerprint density at radius 1 is 1.43 bits per heavy atom. The maximum absolute atomic E-state index is 11.7. The molecule has 0 bridgehead atoms. The van der Waals surface area contributed by atoms with Crippen molar-refractivity contribution >= 4 is 33.3 Å². The molecule has 6 nitrogen and oxygen atoms in total. The lowest BCUT2D eigenvalue weighted by Gasteiger charge is -2.23. The van der Waals surface area contributed by atoms with E-state index in [0.29, 0.717) is 13.0 Å².